The minimum atomic E-state index is 0.132. The molecule has 0 unspecified atom stereocenters. The average Bonchev–Trinajstić information content (AvgIpc) is 2.61. The van der Waals surface area contributed by atoms with Crippen LogP contribution in [-0.2, 0) is 6.54 Å². The van der Waals surface area contributed by atoms with Crippen LogP contribution in [0.4, 0.5) is 0 Å². The number of hydrogen-bond donors (Lipinski definition) is 0. The summed E-state index contributed by atoms with van der Waals surface area (Å²) in [5.74, 6) is 0.132. The lowest BCUT2D eigenvalue weighted by molar-refractivity contribution is 0.0970. The van der Waals surface area contributed by atoms with E-state index < -0.39 is 0 Å². The predicted molar refractivity (Wildman–Crippen MR) is 71.9 cm³/mol. The van der Waals surface area contributed by atoms with Gasteiger partial charge in [-0.1, -0.05) is 23.8 Å². The van der Waals surface area contributed by atoms with Gasteiger partial charge in [0.2, 0.25) is 0 Å². The number of aryl methyl sites for hydroxylation is 3. The molecule has 94 valence electrons. The lowest BCUT2D eigenvalue weighted by Gasteiger charge is -2.08. The third-order valence-corrected chi connectivity index (χ3v) is 3.34. The van der Waals surface area contributed by atoms with Gasteiger partial charge < -0.3 is 4.57 Å². The Morgan fingerprint density at radius 2 is 1.94 bits per heavy atom. The lowest BCUT2D eigenvalue weighted by atomic mass is 10.0. The Bertz CT molecular complexity index is 597. The van der Waals surface area contributed by atoms with E-state index in [1.807, 2.05) is 50.5 Å². The molecule has 0 saturated carbocycles. The van der Waals surface area contributed by atoms with E-state index in [0.29, 0.717) is 6.54 Å². The maximum atomic E-state index is 12.3. The van der Waals surface area contributed by atoms with Gasteiger partial charge in [0.15, 0.2) is 5.78 Å². The van der Waals surface area contributed by atoms with Gasteiger partial charge >= 0.3 is 0 Å². The van der Waals surface area contributed by atoms with Crippen molar-refractivity contribution in [2.75, 3.05) is 0 Å². The summed E-state index contributed by atoms with van der Waals surface area (Å²) in [6.45, 7) is 8.30. The maximum absolute atomic E-state index is 12.3. The molecular formula is C15H18N2O. The summed E-state index contributed by atoms with van der Waals surface area (Å²) in [7, 11) is 0. The predicted octanol–water partition coefficient (Wildman–Crippen LogP) is 3.00. The Hall–Kier alpha value is -1.90. The number of benzene rings is 1. The summed E-state index contributed by atoms with van der Waals surface area (Å²) in [4.78, 5) is 16.5. The molecule has 0 N–H and O–H groups in total. The third kappa shape index (κ3) is 2.35. The van der Waals surface area contributed by atoms with E-state index in [1.54, 1.807) is 6.33 Å². The van der Waals surface area contributed by atoms with Crippen molar-refractivity contribution in [2.24, 2.45) is 0 Å². The van der Waals surface area contributed by atoms with Gasteiger partial charge in [0.05, 0.1) is 18.6 Å². The number of carbonyl (C=O) groups is 1. The molecule has 0 aliphatic rings. The first-order chi connectivity index (χ1) is 8.49. The second-order valence-corrected chi connectivity index (χ2v) is 4.78. The number of rotatable bonds is 3. The SMILES string of the molecule is Cc1ccc(C(=O)Cn2cnc(C)c2C)c(C)c1. The maximum Gasteiger partial charge on any atom is 0.182 e. The number of Topliss-reactive ketones (excluding diaryl/α,β-unsaturated/α-hetero) is 1. The van der Waals surface area contributed by atoms with E-state index >= 15 is 0 Å². The van der Waals surface area contributed by atoms with Crippen LogP contribution >= 0.6 is 0 Å². The highest BCUT2D eigenvalue weighted by molar-refractivity contribution is 5.97. The van der Waals surface area contributed by atoms with E-state index in [0.717, 1.165) is 22.5 Å². The van der Waals surface area contributed by atoms with E-state index in [-0.39, 0.29) is 5.78 Å². The van der Waals surface area contributed by atoms with Crippen molar-refractivity contribution in [3.8, 4) is 0 Å². The van der Waals surface area contributed by atoms with Crippen molar-refractivity contribution >= 4 is 5.78 Å². The topological polar surface area (TPSA) is 34.9 Å². The van der Waals surface area contributed by atoms with Crippen LogP contribution in [0.2, 0.25) is 0 Å². The number of hydrogen-bond acceptors (Lipinski definition) is 2. The lowest BCUT2D eigenvalue weighted by Crippen LogP contribution is -2.12. The summed E-state index contributed by atoms with van der Waals surface area (Å²) in [6.07, 6.45) is 1.73. The molecule has 0 radical (unpaired) electrons. The molecule has 3 heteroatoms. The van der Waals surface area contributed by atoms with Crippen molar-refractivity contribution in [3.63, 3.8) is 0 Å². The molecule has 1 aromatic carbocycles. The summed E-state index contributed by atoms with van der Waals surface area (Å²) < 4.78 is 1.90. The van der Waals surface area contributed by atoms with Crippen LogP contribution in [0.15, 0.2) is 24.5 Å². The molecule has 2 aromatic rings. The minimum Gasteiger partial charge on any atom is -0.327 e. The summed E-state index contributed by atoms with van der Waals surface area (Å²) in [6, 6.07) is 5.93. The van der Waals surface area contributed by atoms with Crippen LogP contribution in [0.1, 0.15) is 32.9 Å². The number of nitrogens with zero attached hydrogens (tertiary/aromatic N) is 2. The van der Waals surface area contributed by atoms with Gasteiger partial charge in [0.1, 0.15) is 0 Å². The Balaban J connectivity index is 2.25. The largest absolute Gasteiger partial charge is 0.327 e. The smallest absolute Gasteiger partial charge is 0.182 e. The van der Waals surface area contributed by atoms with Crippen molar-refractivity contribution in [3.05, 3.63) is 52.6 Å². The fourth-order valence-electron chi connectivity index (χ4n) is 2.07. The van der Waals surface area contributed by atoms with Crippen LogP contribution in [0, 0.1) is 27.7 Å². The van der Waals surface area contributed by atoms with E-state index in [1.165, 1.54) is 5.56 Å². The zero-order chi connectivity index (χ0) is 13.3. The Labute approximate surface area is 107 Å². The summed E-state index contributed by atoms with van der Waals surface area (Å²) >= 11 is 0. The van der Waals surface area contributed by atoms with Crippen LogP contribution in [0.25, 0.3) is 0 Å². The van der Waals surface area contributed by atoms with Crippen LogP contribution < -0.4 is 0 Å². The molecular weight excluding hydrogens is 224 g/mol. The van der Waals surface area contributed by atoms with Crippen LogP contribution in [0.3, 0.4) is 0 Å². The number of carbonyl (C=O) groups excluding carboxylic acids is 1. The normalized spacial score (nSPS) is 10.7. The van der Waals surface area contributed by atoms with Gasteiger partial charge in [-0.15, -0.1) is 0 Å². The highest BCUT2D eigenvalue weighted by Gasteiger charge is 2.11. The second-order valence-electron chi connectivity index (χ2n) is 4.78. The molecule has 3 nitrogen and oxygen atoms in total. The number of ketones is 1. The molecule has 0 bridgehead atoms. The van der Waals surface area contributed by atoms with E-state index in [4.69, 9.17) is 0 Å². The molecule has 0 fully saturated rings. The molecule has 0 amide bonds. The third-order valence-electron chi connectivity index (χ3n) is 3.34. The van der Waals surface area contributed by atoms with Crippen molar-refractivity contribution in [1.82, 2.24) is 9.55 Å². The van der Waals surface area contributed by atoms with Crippen molar-refractivity contribution < 1.29 is 4.79 Å². The van der Waals surface area contributed by atoms with Crippen LogP contribution in [-0.4, -0.2) is 15.3 Å². The summed E-state index contributed by atoms with van der Waals surface area (Å²) in [5.41, 5.74) is 5.04. The zero-order valence-electron chi connectivity index (χ0n) is 11.3. The quantitative estimate of drug-likeness (QED) is 0.775. The van der Waals surface area contributed by atoms with Crippen molar-refractivity contribution in [1.29, 1.82) is 0 Å². The second kappa shape index (κ2) is 4.77. The highest BCUT2D eigenvalue weighted by atomic mass is 16.1. The fourth-order valence-corrected chi connectivity index (χ4v) is 2.07. The highest BCUT2D eigenvalue weighted by Crippen LogP contribution is 2.13. The first-order valence-electron chi connectivity index (χ1n) is 6.08. The fraction of sp³-hybridized carbons (Fsp3) is 0.333. The monoisotopic (exact) mass is 242 g/mol. The minimum absolute atomic E-state index is 0.132. The van der Waals surface area contributed by atoms with Gasteiger partial charge in [-0.2, -0.15) is 0 Å². The van der Waals surface area contributed by atoms with Crippen LogP contribution in [0.5, 0.6) is 0 Å². The Morgan fingerprint density at radius 1 is 1.22 bits per heavy atom. The zero-order valence-corrected chi connectivity index (χ0v) is 11.3. The summed E-state index contributed by atoms with van der Waals surface area (Å²) in [5, 5.41) is 0. The Morgan fingerprint density at radius 3 is 2.50 bits per heavy atom. The average molecular weight is 242 g/mol. The molecule has 0 aliphatic heterocycles. The van der Waals surface area contributed by atoms with Crippen molar-refractivity contribution in [2.45, 2.75) is 34.2 Å². The number of aromatic nitrogens is 2. The van der Waals surface area contributed by atoms with Gasteiger partial charge in [-0.05, 0) is 33.3 Å². The molecule has 18 heavy (non-hydrogen) atoms. The Kier molecular flexibility index (Phi) is 3.32. The molecule has 2 rings (SSSR count). The van der Waals surface area contributed by atoms with Gasteiger partial charge in [0, 0.05) is 11.3 Å². The van der Waals surface area contributed by atoms with E-state index in [2.05, 4.69) is 4.98 Å². The van der Waals surface area contributed by atoms with Gasteiger partial charge in [-0.3, -0.25) is 4.79 Å². The van der Waals surface area contributed by atoms with Gasteiger partial charge in [-0.25, -0.2) is 4.98 Å². The first kappa shape index (κ1) is 12.6. The number of imidazole rings is 1. The molecule has 0 aliphatic carbocycles. The first-order valence-corrected chi connectivity index (χ1v) is 6.08. The van der Waals surface area contributed by atoms with E-state index in [9.17, 15) is 4.79 Å². The molecule has 1 aromatic heterocycles. The molecule has 0 saturated heterocycles. The molecule has 0 spiro atoms. The van der Waals surface area contributed by atoms with Gasteiger partial charge in [0.25, 0.3) is 0 Å². The molecule has 1 heterocycles. The standard InChI is InChI=1S/C15H18N2O/c1-10-5-6-14(11(2)7-10)15(18)8-17-9-16-12(3)13(17)4/h5-7,9H,8H2,1-4H3. The molecule has 0 atom stereocenters.